The Bertz CT molecular complexity index is 415. The van der Waals surface area contributed by atoms with Gasteiger partial charge in [0.1, 0.15) is 11.5 Å². The number of hydrogen-bond donors (Lipinski definition) is 2. The monoisotopic (exact) mass is 278 g/mol. The van der Waals surface area contributed by atoms with E-state index in [1.165, 1.54) is 0 Å². The van der Waals surface area contributed by atoms with Gasteiger partial charge in [0.05, 0.1) is 0 Å². The fourth-order valence-corrected chi connectivity index (χ4v) is 3.18. The van der Waals surface area contributed by atoms with Gasteiger partial charge in [-0.05, 0) is 35.8 Å². The van der Waals surface area contributed by atoms with Gasteiger partial charge in [0.2, 0.25) is 0 Å². The van der Waals surface area contributed by atoms with Gasteiger partial charge in [-0.1, -0.05) is 54.4 Å². The minimum atomic E-state index is -0.121. The van der Waals surface area contributed by atoms with Crippen LogP contribution in [0.4, 0.5) is 0 Å². The zero-order valence-electron chi connectivity index (χ0n) is 13.9. The highest BCUT2D eigenvalue weighted by Gasteiger charge is 2.29. The number of rotatable bonds is 6. The van der Waals surface area contributed by atoms with E-state index in [0.717, 1.165) is 36.8 Å². The SMILES string of the molecule is CCCC(C)(C)c1cc(O)c(C(C)(C)CCC)cc1O. The summed E-state index contributed by atoms with van der Waals surface area (Å²) in [6.45, 7) is 12.7. The maximum Gasteiger partial charge on any atom is 0.119 e. The van der Waals surface area contributed by atoms with Crippen LogP contribution in [0.1, 0.15) is 78.4 Å². The zero-order chi connectivity index (χ0) is 15.6. The first kappa shape index (κ1) is 16.9. The third-order valence-corrected chi connectivity index (χ3v) is 4.32. The van der Waals surface area contributed by atoms with E-state index in [1.807, 2.05) is 0 Å². The molecule has 2 N–H and O–H groups in total. The Labute approximate surface area is 123 Å². The van der Waals surface area contributed by atoms with Crippen molar-refractivity contribution in [1.82, 2.24) is 0 Å². The molecule has 0 aliphatic rings. The highest BCUT2D eigenvalue weighted by Crippen LogP contribution is 2.43. The molecule has 0 aliphatic heterocycles. The summed E-state index contributed by atoms with van der Waals surface area (Å²) in [5.74, 6) is 0.612. The van der Waals surface area contributed by atoms with Crippen molar-refractivity contribution >= 4 is 0 Å². The summed E-state index contributed by atoms with van der Waals surface area (Å²) in [6.07, 6.45) is 4.07. The van der Waals surface area contributed by atoms with Gasteiger partial charge in [-0.25, -0.2) is 0 Å². The average molecular weight is 278 g/mol. The maximum absolute atomic E-state index is 10.4. The van der Waals surface area contributed by atoms with Crippen LogP contribution in [0.2, 0.25) is 0 Å². The highest BCUT2D eigenvalue weighted by molar-refractivity contribution is 5.50. The van der Waals surface area contributed by atoms with E-state index in [-0.39, 0.29) is 10.8 Å². The maximum atomic E-state index is 10.4. The Balaban J connectivity index is 3.28. The number of aromatic hydroxyl groups is 2. The van der Waals surface area contributed by atoms with Crippen LogP contribution < -0.4 is 0 Å². The van der Waals surface area contributed by atoms with E-state index >= 15 is 0 Å². The minimum absolute atomic E-state index is 0.121. The van der Waals surface area contributed by atoms with Gasteiger partial charge in [0.15, 0.2) is 0 Å². The van der Waals surface area contributed by atoms with Crippen LogP contribution in [0.3, 0.4) is 0 Å². The number of hydrogen-bond acceptors (Lipinski definition) is 2. The van der Waals surface area contributed by atoms with Crippen LogP contribution in [-0.2, 0) is 10.8 Å². The summed E-state index contributed by atoms with van der Waals surface area (Å²) in [6, 6.07) is 3.52. The normalized spacial score (nSPS) is 12.7. The van der Waals surface area contributed by atoms with Gasteiger partial charge in [0.25, 0.3) is 0 Å². The molecule has 1 aromatic rings. The van der Waals surface area contributed by atoms with Crippen LogP contribution in [0.25, 0.3) is 0 Å². The fourth-order valence-electron chi connectivity index (χ4n) is 3.18. The molecule has 0 heterocycles. The van der Waals surface area contributed by atoms with Crippen molar-refractivity contribution in [2.24, 2.45) is 0 Å². The highest BCUT2D eigenvalue weighted by atomic mass is 16.3. The quantitative estimate of drug-likeness (QED) is 0.697. The zero-order valence-corrected chi connectivity index (χ0v) is 13.9. The molecule has 0 bridgehead atoms. The molecule has 0 saturated heterocycles. The summed E-state index contributed by atoms with van der Waals surface area (Å²) < 4.78 is 0. The van der Waals surface area contributed by atoms with Gasteiger partial charge in [-0.15, -0.1) is 0 Å². The van der Waals surface area contributed by atoms with Crippen LogP contribution in [0.15, 0.2) is 12.1 Å². The molecular weight excluding hydrogens is 248 g/mol. The minimum Gasteiger partial charge on any atom is -0.508 e. The fraction of sp³-hybridized carbons (Fsp3) is 0.667. The molecule has 0 saturated carbocycles. The predicted molar refractivity (Wildman–Crippen MR) is 85.6 cm³/mol. The Morgan fingerprint density at radius 2 is 1.05 bits per heavy atom. The van der Waals surface area contributed by atoms with Crippen molar-refractivity contribution in [1.29, 1.82) is 0 Å². The van der Waals surface area contributed by atoms with Gasteiger partial charge >= 0.3 is 0 Å². The van der Waals surface area contributed by atoms with Crippen molar-refractivity contribution in [3.05, 3.63) is 23.3 Å². The van der Waals surface area contributed by atoms with Crippen molar-refractivity contribution < 1.29 is 10.2 Å². The second-order valence-electron chi connectivity index (χ2n) is 7.15. The first-order valence-corrected chi connectivity index (χ1v) is 7.72. The lowest BCUT2D eigenvalue weighted by Gasteiger charge is -2.30. The molecule has 2 heteroatoms. The van der Waals surface area contributed by atoms with Gasteiger partial charge in [-0.3, -0.25) is 0 Å². The van der Waals surface area contributed by atoms with Crippen LogP contribution >= 0.6 is 0 Å². The third kappa shape index (κ3) is 3.47. The molecule has 0 aromatic heterocycles. The average Bonchev–Trinajstić information content (AvgIpc) is 2.31. The molecule has 20 heavy (non-hydrogen) atoms. The molecule has 0 radical (unpaired) electrons. The van der Waals surface area contributed by atoms with Gasteiger partial charge < -0.3 is 10.2 Å². The van der Waals surface area contributed by atoms with Crippen LogP contribution in [0.5, 0.6) is 11.5 Å². The molecular formula is C18H30O2. The van der Waals surface area contributed by atoms with Gasteiger partial charge in [-0.2, -0.15) is 0 Å². The van der Waals surface area contributed by atoms with Crippen molar-refractivity contribution in [3.8, 4) is 11.5 Å². The Morgan fingerprint density at radius 3 is 1.30 bits per heavy atom. The summed E-state index contributed by atoms with van der Waals surface area (Å²) in [5, 5.41) is 20.8. The summed E-state index contributed by atoms with van der Waals surface area (Å²) >= 11 is 0. The lowest BCUT2D eigenvalue weighted by molar-refractivity contribution is 0.390. The second-order valence-corrected chi connectivity index (χ2v) is 7.15. The molecule has 0 unspecified atom stereocenters. The summed E-state index contributed by atoms with van der Waals surface area (Å²) in [5.41, 5.74) is 1.44. The molecule has 0 fully saturated rings. The molecule has 0 atom stereocenters. The lowest BCUT2D eigenvalue weighted by atomic mass is 9.76. The number of phenols is 2. The largest absolute Gasteiger partial charge is 0.508 e. The van der Waals surface area contributed by atoms with E-state index in [2.05, 4.69) is 41.5 Å². The predicted octanol–water partition coefficient (Wildman–Crippen LogP) is 5.25. The molecule has 114 valence electrons. The first-order chi connectivity index (χ1) is 9.15. The molecule has 1 aromatic carbocycles. The van der Waals surface area contributed by atoms with E-state index in [1.54, 1.807) is 12.1 Å². The van der Waals surface area contributed by atoms with Crippen molar-refractivity contribution in [2.75, 3.05) is 0 Å². The Hall–Kier alpha value is -1.18. The number of phenolic OH excluding ortho intramolecular Hbond substituents is 2. The first-order valence-electron chi connectivity index (χ1n) is 7.72. The Kier molecular flexibility index (Phi) is 5.12. The second kappa shape index (κ2) is 6.07. The van der Waals surface area contributed by atoms with E-state index < -0.39 is 0 Å². The molecule has 1 rings (SSSR count). The smallest absolute Gasteiger partial charge is 0.119 e. The third-order valence-electron chi connectivity index (χ3n) is 4.32. The molecule has 0 amide bonds. The Morgan fingerprint density at radius 1 is 0.750 bits per heavy atom. The van der Waals surface area contributed by atoms with Crippen LogP contribution in [0, 0.1) is 0 Å². The van der Waals surface area contributed by atoms with E-state index in [9.17, 15) is 10.2 Å². The van der Waals surface area contributed by atoms with E-state index in [0.29, 0.717) is 11.5 Å². The lowest BCUT2D eigenvalue weighted by Crippen LogP contribution is -2.20. The van der Waals surface area contributed by atoms with Crippen LogP contribution in [-0.4, -0.2) is 10.2 Å². The summed E-state index contributed by atoms with van der Waals surface area (Å²) in [7, 11) is 0. The standard InChI is InChI=1S/C18H30O2/c1-7-9-17(3,4)13-11-16(20)14(12-15(13)19)18(5,6)10-8-2/h11-12,19-20H,7-10H2,1-6H3. The van der Waals surface area contributed by atoms with Crippen molar-refractivity contribution in [2.45, 2.75) is 78.1 Å². The summed E-state index contributed by atoms with van der Waals surface area (Å²) in [4.78, 5) is 0. The molecule has 0 aliphatic carbocycles. The molecule has 2 nitrogen and oxygen atoms in total. The topological polar surface area (TPSA) is 40.5 Å². The molecule has 0 spiro atoms. The van der Waals surface area contributed by atoms with Gasteiger partial charge in [0, 0.05) is 11.1 Å². The van der Waals surface area contributed by atoms with E-state index in [4.69, 9.17) is 0 Å². The van der Waals surface area contributed by atoms with Crippen molar-refractivity contribution in [3.63, 3.8) is 0 Å². The number of benzene rings is 1.